The molecule has 15 nitrogen and oxygen atoms in total. The molecule has 5 aromatic heterocycles. The van der Waals surface area contributed by atoms with Crippen LogP contribution in [0.5, 0.6) is 0 Å². The van der Waals surface area contributed by atoms with E-state index in [-0.39, 0.29) is 175 Å². The van der Waals surface area contributed by atoms with Crippen LogP contribution in [-0.2, 0) is 183 Å². The minimum Gasteiger partial charge on any atom is -0.478 e. The van der Waals surface area contributed by atoms with Crippen molar-refractivity contribution in [1.29, 1.82) is 0 Å². The van der Waals surface area contributed by atoms with E-state index in [1.807, 2.05) is 248 Å². The molecule has 0 saturated carbocycles. The number of aliphatic carboxylic acids is 2. The number of nitrogens with zero attached hydrogens (tertiary/aromatic N) is 5. The summed E-state index contributed by atoms with van der Waals surface area (Å²) in [5.74, 6) is -1.85. The number of halogens is 1. The molecule has 8 N–H and O–H groups in total. The third-order valence-electron chi connectivity index (χ3n) is 9.81. The zero-order valence-electron chi connectivity index (χ0n) is 61.0. The van der Waals surface area contributed by atoms with Crippen LogP contribution in [-0.4, -0.2) is 58.9 Å². The van der Waals surface area contributed by atoms with Crippen LogP contribution in [0.25, 0.3) is 0 Å². The van der Waals surface area contributed by atoms with Crippen molar-refractivity contribution in [1.82, 2.24) is 24.9 Å². The molecule has 0 aliphatic rings. The van der Waals surface area contributed by atoms with E-state index in [1.165, 1.54) is 12.2 Å². The van der Waals surface area contributed by atoms with Gasteiger partial charge in [-0.3, -0.25) is 9.59 Å². The maximum absolute atomic E-state index is 11.6. The van der Waals surface area contributed by atoms with Gasteiger partial charge >= 0.3 is 11.9 Å². The average Bonchev–Trinajstić information content (AvgIpc) is 1.25. The van der Waals surface area contributed by atoms with Crippen LogP contribution in [0.15, 0.2) is 175 Å². The quantitative estimate of drug-likeness (QED) is 0.0316. The normalized spacial score (nSPS) is 9.20. The van der Waals surface area contributed by atoms with Crippen LogP contribution in [0.4, 0.5) is 22.7 Å². The molecule has 511 valence electrons. The number of nitrogen functional groups attached to an aromatic ring is 2. The summed E-state index contributed by atoms with van der Waals surface area (Å²) in [5, 5.41) is 21.2. The summed E-state index contributed by atoms with van der Waals surface area (Å²) in [7, 11) is 0. The minimum absolute atomic E-state index is 0. The molecule has 21 heteroatoms. The molecule has 5 radical (unpaired) electrons. The van der Waals surface area contributed by atoms with E-state index in [4.69, 9.17) is 21.7 Å². The first-order valence-corrected chi connectivity index (χ1v) is 29.9. The second kappa shape index (κ2) is 72.6. The third-order valence-corrected chi connectivity index (χ3v) is 10.2. The van der Waals surface area contributed by atoms with E-state index in [1.54, 1.807) is 44.2 Å². The molecule has 5 heterocycles. The van der Waals surface area contributed by atoms with E-state index < -0.39 is 22.8 Å². The fourth-order valence-corrected chi connectivity index (χ4v) is 4.74. The summed E-state index contributed by atoms with van der Waals surface area (Å²) in [6, 6.07) is 34.2. The number of nitrogens with one attached hydrogen (secondary N) is 2. The number of carbonyl (C=O) groups excluding carboxylic acids is 2. The van der Waals surface area contributed by atoms with Crippen molar-refractivity contribution in [2.75, 3.05) is 22.1 Å². The maximum atomic E-state index is 11.6. The van der Waals surface area contributed by atoms with E-state index in [0.717, 1.165) is 67.3 Å². The molecule has 0 spiro atoms. The van der Waals surface area contributed by atoms with Crippen LogP contribution in [0, 0.1) is 104 Å². The van der Waals surface area contributed by atoms with E-state index in [0.29, 0.717) is 22.7 Å². The molecule has 96 heavy (non-hydrogen) atoms. The second-order valence-corrected chi connectivity index (χ2v) is 21.9. The summed E-state index contributed by atoms with van der Waals surface area (Å²) in [4.78, 5) is 61.9. The zero-order valence-corrected chi connectivity index (χ0v) is 76.8. The van der Waals surface area contributed by atoms with Crippen LogP contribution in [0.2, 0.25) is 0 Å². The number of para-hydroxylation sites is 4. The van der Waals surface area contributed by atoms with E-state index in [2.05, 4.69) is 89.0 Å². The Hall–Kier alpha value is -3.63. The van der Waals surface area contributed by atoms with Gasteiger partial charge in [-0.25, -0.2) is 9.59 Å². The smallest absolute Gasteiger partial charge is 0.327 e. The Morgan fingerprint density at radius 3 is 0.750 bits per heavy atom. The Morgan fingerprint density at radius 2 is 0.625 bits per heavy atom. The molecule has 7 rings (SSSR count). The number of pyridine rings is 5. The summed E-state index contributed by atoms with van der Waals surface area (Å²) in [6.45, 7) is 45.4. The number of anilines is 4. The Labute approximate surface area is 712 Å². The monoisotopic (exact) mass is 1750 g/mol. The van der Waals surface area contributed by atoms with Gasteiger partial charge in [-0.2, -0.15) is 54.6 Å². The van der Waals surface area contributed by atoms with Crippen molar-refractivity contribution in [2.24, 2.45) is 10.8 Å². The minimum atomic E-state index is -0.891. The van der Waals surface area contributed by atoms with Crippen molar-refractivity contribution in [3.05, 3.63) is 257 Å². The topological polar surface area (TPSA) is 249 Å². The molecule has 0 saturated heterocycles. The maximum Gasteiger partial charge on any atom is 0.327 e. The number of carboxylic acid groups (broad SMARTS) is 2. The van der Waals surface area contributed by atoms with Crippen molar-refractivity contribution in [3.8, 4) is 0 Å². The summed E-state index contributed by atoms with van der Waals surface area (Å²) >= 11 is 3.20. The standard InChI is InChI=1S/2C11H16N2O.4C7H8N.C6H5BrN.2C4H6O2.2C4H8.C3H6.5Y/c2*1-11(2,3)10(14)13-9-7-5-4-6-8(9)12;4*1-6-3-4-7(2)8-5-6;1-5-2-3-6(7)8-4-5;2*1-2-3-4(5)6;2*1-3-4-2;1-3-2;;;;;/h2*4-7H,12H2,1-3H3,(H,13,14);4*3-4H,1-2H3;2-3H,1H3;2*2-3H,1H3,(H,5,6);2*3-4H,1-2H3;3H,1H2,2H3;;;;;/q;;5*-1;;;;;;;;;;/b;;;;;;;2*3-2+;2*4-3+;;;;;;. The van der Waals surface area contributed by atoms with Gasteiger partial charge in [0, 0.05) is 187 Å². The van der Waals surface area contributed by atoms with Gasteiger partial charge in [0.05, 0.1) is 22.7 Å². The number of carbonyl (C=O) groups is 4. The van der Waals surface area contributed by atoms with Gasteiger partial charge in [0.15, 0.2) is 0 Å². The molecule has 0 aliphatic heterocycles. The van der Waals surface area contributed by atoms with Gasteiger partial charge in [0.2, 0.25) is 11.8 Å². The molecular weight excluding hydrogens is 1650 g/mol. The van der Waals surface area contributed by atoms with Crippen LogP contribution in [0.1, 0.15) is 141 Å². The average molecular weight is 1750 g/mol. The largest absolute Gasteiger partial charge is 0.478 e. The molecule has 0 aliphatic carbocycles. The number of hydrogen-bond donors (Lipinski definition) is 6. The van der Waals surface area contributed by atoms with Gasteiger partial charge in [-0.15, -0.1) is 56.4 Å². The van der Waals surface area contributed by atoms with E-state index >= 15 is 0 Å². The number of rotatable bonds is 4. The first-order valence-electron chi connectivity index (χ1n) is 29.1. The molecule has 2 aromatic carbocycles. The number of carboxylic acids is 2. The SMILES string of the molecule is C/C=C/C.C/C=C/C.C/C=C/C(=O)O.C/C=C/C(=O)O.C=CC.CC(C)(C)C(=O)Nc1ccccc1N.CC(C)(C)C(=O)Nc1ccccc1N.Cc1[c-]nc(Br)cc1.Cc1[c-]nc(C)cc1.Cc1[c-]nc(C)cc1.Cc1[c-]nc(C)cc1.Cc1[c-]nc(C)cc1.[Y].[Y].[Y].[Y].[Y]. The van der Waals surface area contributed by atoms with Crippen molar-refractivity contribution in [2.45, 2.75) is 152 Å². The number of aromatic nitrogens is 5. The number of allylic oxidation sites excluding steroid dienone is 7. The van der Waals surface area contributed by atoms with Crippen molar-refractivity contribution < 1.29 is 193 Å². The zero-order chi connectivity index (χ0) is 71.0. The number of hydrogen-bond acceptors (Lipinski definition) is 11. The van der Waals surface area contributed by atoms with Crippen LogP contribution >= 0.6 is 15.9 Å². The summed E-state index contributed by atoms with van der Waals surface area (Å²) < 4.78 is 0.836. The predicted molar refractivity (Wildman–Crippen MR) is 385 cm³/mol. The van der Waals surface area contributed by atoms with Gasteiger partial charge in [-0.05, 0) is 77.3 Å². The van der Waals surface area contributed by atoms with Crippen molar-refractivity contribution in [3.63, 3.8) is 0 Å². The number of aryl methyl sites for hydroxylation is 9. The summed E-state index contributed by atoms with van der Waals surface area (Å²) in [6.07, 6.45) is 29.1. The molecule has 2 amide bonds. The van der Waals surface area contributed by atoms with E-state index in [9.17, 15) is 19.2 Å². The fourth-order valence-electron chi connectivity index (χ4n) is 4.52. The van der Waals surface area contributed by atoms with Crippen LogP contribution in [0.3, 0.4) is 0 Å². The number of amides is 2. The van der Waals surface area contributed by atoms with Crippen LogP contribution < -0.4 is 22.1 Å². The number of nitrogens with two attached hydrogens (primary N) is 2. The van der Waals surface area contributed by atoms with Gasteiger partial charge in [0.1, 0.15) is 0 Å². The van der Waals surface area contributed by atoms with Gasteiger partial charge in [-0.1, -0.05) is 224 Å². The Bertz CT molecular complexity index is 2690. The molecule has 7 aromatic rings. The molecule has 0 bridgehead atoms. The van der Waals surface area contributed by atoms with Gasteiger partial charge in [0.25, 0.3) is 0 Å². The Morgan fingerprint density at radius 1 is 0.406 bits per heavy atom. The number of benzene rings is 2. The molecular formula is C75H103BrN9O6Y5-5. The first kappa shape index (κ1) is 114. The predicted octanol–water partition coefficient (Wildman–Crippen LogP) is 18.1. The molecule has 0 unspecified atom stereocenters. The molecule has 0 fully saturated rings. The first-order chi connectivity index (χ1) is 42.5. The summed E-state index contributed by atoms with van der Waals surface area (Å²) in [5.41, 5.74) is 22.6. The Balaban J connectivity index is -0.000000107. The van der Waals surface area contributed by atoms with Crippen molar-refractivity contribution >= 4 is 62.4 Å². The third kappa shape index (κ3) is 77.7. The Kier molecular flexibility index (Phi) is 86.0. The fraction of sp³-hybridized carbons (Fsp3) is 0.320. The van der Waals surface area contributed by atoms with Gasteiger partial charge < -0.3 is 57.2 Å². The second-order valence-electron chi connectivity index (χ2n) is 21.1. The molecule has 0 atom stereocenters.